The number of hydrogen-bond donors (Lipinski definition) is 2. The predicted octanol–water partition coefficient (Wildman–Crippen LogP) is 2.93. The summed E-state index contributed by atoms with van der Waals surface area (Å²) in [6.45, 7) is 4.59. The average molecular weight is 326 g/mol. The number of hydrogen-bond acceptors (Lipinski definition) is 3. The zero-order valence-electron chi connectivity index (χ0n) is 13.6. The van der Waals surface area contributed by atoms with Gasteiger partial charge in [-0.25, -0.2) is 9.37 Å². The molecule has 6 heteroatoms. The van der Waals surface area contributed by atoms with E-state index in [1.807, 2.05) is 32.2 Å². The fourth-order valence-corrected chi connectivity index (χ4v) is 2.60. The average Bonchev–Trinajstić information content (AvgIpc) is 2.88. The number of pyridine rings is 1. The maximum absolute atomic E-state index is 13.5. The summed E-state index contributed by atoms with van der Waals surface area (Å²) in [4.78, 5) is 16.9. The summed E-state index contributed by atoms with van der Waals surface area (Å²) in [5.41, 5.74) is 3.43. The van der Waals surface area contributed by atoms with Crippen molar-refractivity contribution in [2.45, 2.75) is 13.8 Å². The summed E-state index contributed by atoms with van der Waals surface area (Å²) in [7, 11) is 0. The monoisotopic (exact) mass is 326 g/mol. The minimum atomic E-state index is -0.308. The van der Waals surface area contributed by atoms with Crippen molar-refractivity contribution < 1.29 is 9.18 Å². The molecule has 1 aromatic carbocycles. The first kappa shape index (κ1) is 16.0. The Morgan fingerprint density at radius 1 is 1.17 bits per heavy atom. The summed E-state index contributed by atoms with van der Waals surface area (Å²) in [6, 6.07) is 10.3. The van der Waals surface area contributed by atoms with Crippen LogP contribution in [0.1, 0.15) is 21.7 Å². The van der Waals surface area contributed by atoms with Crippen molar-refractivity contribution >= 4 is 17.2 Å². The van der Waals surface area contributed by atoms with E-state index in [0.717, 1.165) is 11.2 Å². The highest BCUT2D eigenvalue weighted by molar-refractivity contribution is 5.94. The van der Waals surface area contributed by atoms with Crippen LogP contribution in [0, 0.1) is 19.7 Å². The largest absolute Gasteiger partial charge is 0.381 e. The topological polar surface area (TPSA) is 58.4 Å². The second-order valence-corrected chi connectivity index (χ2v) is 5.64. The third kappa shape index (κ3) is 3.22. The van der Waals surface area contributed by atoms with E-state index in [1.165, 1.54) is 6.07 Å². The number of imidazole rings is 1. The normalized spacial score (nSPS) is 10.8. The highest BCUT2D eigenvalue weighted by atomic mass is 19.1. The number of rotatable bonds is 5. The van der Waals surface area contributed by atoms with Crippen LogP contribution in [0.3, 0.4) is 0 Å². The van der Waals surface area contributed by atoms with Gasteiger partial charge in [0, 0.05) is 19.3 Å². The predicted molar refractivity (Wildman–Crippen MR) is 91.9 cm³/mol. The molecule has 0 aliphatic carbocycles. The molecule has 0 radical (unpaired) electrons. The first-order chi connectivity index (χ1) is 11.6. The van der Waals surface area contributed by atoms with Crippen molar-refractivity contribution in [1.29, 1.82) is 0 Å². The third-order valence-electron chi connectivity index (χ3n) is 3.76. The molecule has 2 N–H and O–H groups in total. The number of para-hydroxylation sites is 1. The Balaban J connectivity index is 1.64. The summed E-state index contributed by atoms with van der Waals surface area (Å²) >= 11 is 0. The van der Waals surface area contributed by atoms with E-state index in [2.05, 4.69) is 15.6 Å². The zero-order valence-corrected chi connectivity index (χ0v) is 13.6. The molecule has 0 unspecified atom stereocenters. The number of amides is 1. The Bertz CT molecular complexity index is 888. The lowest BCUT2D eigenvalue weighted by Crippen LogP contribution is -2.30. The number of benzene rings is 1. The van der Waals surface area contributed by atoms with Gasteiger partial charge in [0.1, 0.15) is 17.2 Å². The molecule has 2 heterocycles. The molecule has 0 aliphatic rings. The molecule has 0 aliphatic heterocycles. The SMILES string of the molecule is Cc1ccc2nc(C)c(C(=O)NCCNc3ccccc3F)n2c1. The number of aryl methyl sites for hydroxylation is 2. The Hall–Kier alpha value is -2.89. The molecule has 1 amide bonds. The van der Waals surface area contributed by atoms with Crippen molar-refractivity contribution in [2.24, 2.45) is 0 Å². The highest BCUT2D eigenvalue weighted by Crippen LogP contribution is 2.14. The maximum Gasteiger partial charge on any atom is 0.270 e. The van der Waals surface area contributed by atoms with Gasteiger partial charge in [-0.3, -0.25) is 9.20 Å². The molecule has 3 aromatic rings. The number of nitrogens with zero attached hydrogens (tertiary/aromatic N) is 2. The van der Waals surface area contributed by atoms with Crippen LogP contribution in [-0.4, -0.2) is 28.4 Å². The van der Waals surface area contributed by atoms with E-state index < -0.39 is 0 Å². The molecule has 0 atom stereocenters. The van der Waals surface area contributed by atoms with Crippen LogP contribution >= 0.6 is 0 Å². The molecule has 0 spiro atoms. The number of anilines is 1. The smallest absolute Gasteiger partial charge is 0.270 e. The Morgan fingerprint density at radius 2 is 1.96 bits per heavy atom. The van der Waals surface area contributed by atoms with Gasteiger partial charge in [-0.05, 0) is 37.6 Å². The maximum atomic E-state index is 13.5. The first-order valence-corrected chi connectivity index (χ1v) is 7.78. The van der Waals surface area contributed by atoms with Gasteiger partial charge in [0.25, 0.3) is 5.91 Å². The number of halogens is 1. The molecule has 0 saturated heterocycles. The van der Waals surface area contributed by atoms with Gasteiger partial charge in [0.2, 0.25) is 0 Å². The Morgan fingerprint density at radius 3 is 2.75 bits per heavy atom. The van der Waals surface area contributed by atoms with Crippen LogP contribution in [0.2, 0.25) is 0 Å². The zero-order chi connectivity index (χ0) is 17.1. The number of nitrogens with one attached hydrogen (secondary N) is 2. The molecule has 0 saturated carbocycles. The Labute approximate surface area is 139 Å². The minimum absolute atomic E-state index is 0.194. The number of aromatic nitrogens is 2. The lowest BCUT2D eigenvalue weighted by Gasteiger charge is -2.09. The summed E-state index contributed by atoms with van der Waals surface area (Å²) in [5, 5.41) is 5.80. The second kappa shape index (κ2) is 6.70. The second-order valence-electron chi connectivity index (χ2n) is 5.64. The van der Waals surface area contributed by atoms with Crippen LogP contribution in [0.25, 0.3) is 5.65 Å². The van der Waals surface area contributed by atoms with Crippen LogP contribution in [-0.2, 0) is 0 Å². The lowest BCUT2D eigenvalue weighted by atomic mass is 10.3. The molecule has 0 fully saturated rings. The summed E-state index contributed by atoms with van der Waals surface area (Å²) < 4.78 is 15.3. The molecule has 5 nitrogen and oxygen atoms in total. The number of fused-ring (bicyclic) bond motifs is 1. The van der Waals surface area contributed by atoms with E-state index in [-0.39, 0.29) is 11.7 Å². The van der Waals surface area contributed by atoms with Gasteiger partial charge in [0.05, 0.1) is 11.4 Å². The molecule has 124 valence electrons. The fourth-order valence-electron chi connectivity index (χ4n) is 2.60. The Kier molecular flexibility index (Phi) is 4.46. The van der Waals surface area contributed by atoms with Crippen molar-refractivity contribution in [3.63, 3.8) is 0 Å². The number of carbonyl (C=O) groups is 1. The van der Waals surface area contributed by atoms with Gasteiger partial charge in [0.15, 0.2) is 0 Å². The molecule has 0 bridgehead atoms. The summed E-state index contributed by atoms with van der Waals surface area (Å²) in [5.74, 6) is -0.502. The fraction of sp³-hybridized carbons (Fsp3) is 0.222. The molecular formula is C18H19FN4O. The highest BCUT2D eigenvalue weighted by Gasteiger charge is 2.16. The van der Waals surface area contributed by atoms with E-state index in [4.69, 9.17) is 0 Å². The molecule has 3 rings (SSSR count). The summed E-state index contributed by atoms with van der Waals surface area (Å²) in [6.07, 6.45) is 1.89. The van der Waals surface area contributed by atoms with Crippen molar-refractivity contribution in [1.82, 2.24) is 14.7 Å². The van der Waals surface area contributed by atoms with Gasteiger partial charge in [-0.2, -0.15) is 0 Å². The van der Waals surface area contributed by atoms with Crippen LogP contribution < -0.4 is 10.6 Å². The van der Waals surface area contributed by atoms with Gasteiger partial charge in [-0.15, -0.1) is 0 Å². The van der Waals surface area contributed by atoms with Gasteiger partial charge >= 0.3 is 0 Å². The van der Waals surface area contributed by atoms with E-state index in [1.54, 1.807) is 22.6 Å². The first-order valence-electron chi connectivity index (χ1n) is 7.78. The van der Waals surface area contributed by atoms with E-state index in [9.17, 15) is 9.18 Å². The van der Waals surface area contributed by atoms with Crippen LogP contribution in [0.4, 0.5) is 10.1 Å². The molecular weight excluding hydrogens is 307 g/mol. The van der Waals surface area contributed by atoms with Crippen LogP contribution in [0.15, 0.2) is 42.6 Å². The number of carbonyl (C=O) groups excluding carboxylic acids is 1. The van der Waals surface area contributed by atoms with Gasteiger partial charge in [-0.1, -0.05) is 18.2 Å². The van der Waals surface area contributed by atoms with Crippen molar-refractivity contribution in [2.75, 3.05) is 18.4 Å². The van der Waals surface area contributed by atoms with E-state index >= 15 is 0 Å². The third-order valence-corrected chi connectivity index (χ3v) is 3.76. The van der Waals surface area contributed by atoms with Crippen molar-refractivity contribution in [3.05, 3.63) is 65.4 Å². The minimum Gasteiger partial charge on any atom is -0.381 e. The van der Waals surface area contributed by atoms with Crippen LogP contribution in [0.5, 0.6) is 0 Å². The quantitative estimate of drug-likeness (QED) is 0.709. The van der Waals surface area contributed by atoms with Gasteiger partial charge < -0.3 is 10.6 Å². The molecule has 2 aromatic heterocycles. The van der Waals surface area contributed by atoms with E-state index in [0.29, 0.717) is 30.2 Å². The lowest BCUT2D eigenvalue weighted by molar-refractivity contribution is 0.0948. The standard InChI is InChI=1S/C18H19FN4O/c1-12-7-8-16-22-13(2)17(23(16)11-12)18(24)21-10-9-20-15-6-4-3-5-14(15)19/h3-8,11,20H,9-10H2,1-2H3,(H,21,24). The molecule has 24 heavy (non-hydrogen) atoms. The van der Waals surface area contributed by atoms with Crippen molar-refractivity contribution in [3.8, 4) is 0 Å².